The summed E-state index contributed by atoms with van der Waals surface area (Å²) in [5.41, 5.74) is 9.58. The van der Waals surface area contributed by atoms with Gasteiger partial charge >= 0.3 is 0 Å². The predicted molar refractivity (Wildman–Crippen MR) is 109 cm³/mol. The summed E-state index contributed by atoms with van der Waals surface area (Å²) in [4.78, 5) is 20.0. The molecule has 0 spiro atoms. The zero-order valence-corrected chi connectivity index (χ0v) is 16.0. The van der Waals surface area contributed by atoms with Crippen LogP contribution in [-0.4, -0.2) is 32.2 Å². The van der Waals surface area contributed by atoms with Gasteiger partial charge in [-0.25, -0.2) is 4.98 Å². The lowest BCUT2D eigenvalue weighted by Crippen LogP contribution is -2.18. The van der Waals surface area contributed by atoms with Crippen molar-refractivity contribution in [3.63, 3.8) is 0 Å². The molecule has 1 fully saturated rings. The van der Waals surface area contributed by atoms with Gasteiger partial charge < -0.3 is 16.4 Å². The van der Waals surface area contributed by atoms with Gasteiger partial charge in [0.15, 0.2) is 11.3 Å². The van der Waals surface area contributed by atoms with Crippen LogP contribution in [0.2, 0.25) is 0 Å². The van der Waals surface area contributed by atoms with Crippen LogP contribution in [0.3, 0.4) is 0 Å². The molecule has 3 aromatic rings. The molecule has 8 heteroatoms. The summed E-state index contributed by atoms with van der Waals surface area (Å²) >= 11 is 0. The molecular formula is C20H25N7O. The van der Waals surface area contributed by atoms with Gasteiger partial charge in [0.1, 0.15) is 5.52 Å². The Morgan fingerprint density at radius 1 is 1.29 bits per heavy atom. The standard InChI is InChI=1S/C20H25N7O/c1-2-3-10-22-19-18-16(24-20(21)25-19)12-27(26-18)11-13-4-6-14(7-5-13)15-8-9-17(28)23-15/h4-7,12,15H,2-3,8-11H2,1H3,(H,23,28)(H3,21,22,24,25)/t15-/m1/s1. The quantitative estimate of drug-likeness (QED) is 0.544. The first-order valence-electron chi connectivity index (χ1n) is 9.75. The third-order valence-corrected chi connectivity index (χ3v) is 4.97. The average Bonchev–Trinajstić information content (AvgIpc) is 3.28. The molecule has 1 amide bonds. The van der Waals surface area contributed by atoms with Crippen LogP contribution in [0.15, 0.2) is 30.5 Å². The Morgan fingerprint density at radius 3 is 2.82 bits per heavy atom. The van der Waals surface area contributed by atoms with Crippen LogP contribution >= 0.6 is 0 Å². The Kier molecular flexibility index (Phi) is 5.10. The minimum absolute atomic E-state index is 0.126. The molecule has 146 valence electrons. The van der Waals surface area contributed by atoms with E-state index in [-0.39, 0.29) is 17.9 Å². The molecule has 2 aromatic heterocycles. The van der Waals surface area contributed by atoms with Crippen molar-refractivity contribution < 1.29 is 4.79 Å². The van der Waals surface area contributed by atoms with E-state index in [2.05, 4.69) is 56.9 Å². The molecule has 0 unspecified atom stereocenters. The van der Waals surface area contributed by atoms with Crippen molar-refractivity contribution in [3.8, 4) is 0 Å². The minimum atomic E-state index is 0.126. The average molecular weight is 379 g/mol. The molecule has 28 heavy (non-hydrogen) atoms. The molecule has 3 heterocycles. The fraction of sp³-hybridized carbons (Fsp3) is 0.400. The number of fused-ring (bicyclic) bond motifs is 1. The topological polar surface area (TPSA) is 111 Å². The molecule has 0 aliphatic carbocycles. The number of aromatic nitrogens is 4. The van der Waals surface area contributed by atoms with Crippen LogP contribution in [0, 0.1) is 0 Å². The van der Waals surface area contributed by atoms with E-state index in [9.17, 15) is 4.79 Å². The number of nitrogen functional groups attached to an aromatic ring is 1. The Balaban J connectivity index is 1.51. The SMILES string of the molecule is CCCCNc1nc(N)nc2cn(Cc3ccc([C@H]4CCC(=O)N4)cc3)nc12. The summed E-state index contributed by atoms with van der Waals surface area (Å²) in [5.74, 6) is 1.05. The highest BCUT2D eigenvalue weighted by molar-refractivity contribution is 5.85. The lowest BCUT2D eigenvalue weighted by atomic mass is 10.0. The molecule has 0 radical (unpaired) electrons. The molecule has 8 nitrogen and oxygen atoms in total. The molecule has 1 saturated heterocycles. The first kappa shape index (κ1) is 18.2. The number of hydrogen-bond donors (Lipinski definition) is 3. The molecular weight excluding hydrogens is 354 g/mol. The van der Waals surface area contributed by atoms with Gasteiger partial charge in [0.2, 0.25) is 11.9 Å². The number of amides is 1. The summed E-state index contributed by atoms with van der Waals surface area (Å²) < 4.78 is 1.86. The fourth-order valence-corrected chi connectivity index (χ4v) is 3.47. The summed E-state index contributed by atoms with van der Waals surface area (Å²) in [6.45, 7) is 3.60. The normalized spacial score (nSPS) is 16.5. The van der Waals surface area contributed by atoms with E-state index in [0.29, 0.717) is 18.8 Å². The van der Waals surface area contributed by atoms with Gasteiger partial charge in [-0.1, -0.05) is 37.6 Å². The number of unbranched alkanes of at least 4 members (excludes halogenated alkanes) is 1. The first-order valence-corrected chi connectivity index (χ1v) is 9.75. The number of benzene rings is 1. The zero-order valence-electron chi connectivity index (χ0n) is 16.0. The Bertz CT molecular complexity index is 980. The van der Waals surface area contributed by atoms with Crippen LogP contribution in [0.4, 0.5) is 11.8 Å². The highest BCUT2D eigenvalue weighted by Crippen LogP contribution is 2.24. The van der Waals surface area contributed by atoms with Gasteiger partial charge in [0.25, 0.3) is 0 Å². The molecule has 1 aromatic carbocycles. The van der Waals surface area contributed by atoms with Crippen molar-refractivity contribution in [2.24, 2.45) is 0 Å². The van der Waals surface area contributed by atoms with Crippen LogP contribution in [0.5, 0.6) is 0 Å². The minimum Gasteiger partial charge on any atom is -0.368 e. The predicted octanol–water partition coefficient (Wildman–Crippen LogP) is 2.62. The smallest absolute Gasteiger partial charge is 0.222 e. The third-order valence-electron chi connectivity index (χ3n) is 4.97. The Labute approximate surface area is 163 Å². The monoisotopic (exact) mass is 379 g/mol. The third kappa shape index (κ3) is 3.90. The number of anilines is 2. The van der Waals surface area contributed by atoms with Crippen LogP contribution in [0.25, 0.3) is 11.0 Å². The second-order valence-corrected chi connectivity index (χ2v) is 7.17. The molecule has 0 saturated carbocycles. The van der Waals surface area contributed by atoms with Gasteiger partial charge in [0.05, 0.1) is 18.8 Å². The maximum Gasteiger partial charge on any atom is 0.222 e. The number of rotatable bonds is 7. The van der Waals surface area contributed by atoms with E-state index in [4.69, 9.17) is 5.73 Å². The van der Waals surface area contributed by atoms with E-state index in [1.807, 2.05) is 10.9 Å². The van der Waals surface area contributed by atoms with Crippen LogP contribution in [-0.2, 0) is 11.3 Å². The first-order chi connectivity index (χ1) is 13.6. The second-order valence-electron chi connectivity index (χ2n) is 7.17. The van der Waals surface area contributed by atoms with E-state index in [1.165, 1.54) is 0 Å². The van der Waals surface area contributed by atoms with Crippen molar-refractivity contribution in [3.05, 3.63) is 41.6 Å². The summed E-state index contributed by atoms with van der Waals surface area (Å²) in [6.07, 6.45) is 5.51. The van der Waals surface area contributed by atoms with Crippen molar-refractivity contribution in [1.29, 1.82) is 0 Å². The molecule has 1 aliphatic rings. The van der Waals surface area contributed by atoms with Gasteiger partial charge in [-0.05, 0) is 24.0 Å². The number of nitrogens with zero attached hydrogens (tertiary/aromatic N) is 4. The van der Waals surface area contributed by atoms with Crippen LogP contribution in [0.1, 0.15) is 49.8 Å². The molecule has 0 bridgehead atoms. The van der Waals surface area contributed by atoms with Crippen molar-refractivity contribution in [2.45, 2.75) is 45.2 Å². The van der Waals surface area contributed by atoms with Crippen molar-refractivity contribution >= 4 is 28.7 Å². The second kappa shape index (κ2) is 7.84. The van der Waals surface area contributed by atoms with Gasteiger partial charge in [-0.2, -0.15) is 10.1 Å². The van der Waals surface area contributed by atoms with Gasteiger partial charge in [0, 0.05) is 13.0 Å². The van der Waals surface area contributed by atoms with Crippen LogP contribution < -0.4 is 16.4 Å². The summed E-state index contributed by atoms with van der Waals surface area (Å²) in [6, 6.07) is 8.43. The van der Waals surface area contributed by atoms with Gasteiger partial charge in [-0.3, -0.25) is 9.48 Å². The molecule has 1 atom stereocenters. The number of carbonyl (C=O) groups excluding carboxylic acids is 1. The Hall–Kier alpha value is -3.16. The van der Waals surface area contributed by atoms with Gasteiger partial charge in [-0.15, -0.1) is 0 Å². The maximum absolute atomic E-state index is 11.4. The lowest BCUT2D eigenvalue weighted by molar-refractivity contribution is -0.119. The molecule has 4 rings (SSSR count). The lowest BCUT2D eigenvalue weighted by Gasteiger charge is -2.11. The van der Waals surface area contributed by atoms with Crippen molar-refractivity contribution in [1.82, 2.24) is 25.1 Å². The number of hydrogen-bond acceptors (Lipinski definition) is 6. The number of carbonyl (C=O) groups is 1. The highest BCUT2D eigenvalue weighted by atomic mass is 16.1. The van der Waals surface area contributed by atoms with E-state index < -0.39 is 0 Å². The zero-order chi connectivity index (χ0) is 19.5. The highest BCUT2D eigenvalue weighted by Gasteiger charge is 2.21. The molecule has 4 N–H and O–H groups in total. The maximum atomic E-state index is 11.4. The Morgan fingerprint density at radius 2 is 2.11 bits per heavy atom. The summed E-state index contributed by atoms with van der Waals surface area (Å²) in [5, 5.41) is 11.0. The van der Waals surface area contributed by atoms with E-state index in [0.717, 1.165) is 48.0 Å². The summed E-state index contributed by atoms with van der Waals surface area (Å²) in [7, 11) is 0. The number of nitrogens with two attached hydrogens (primary N) is 1. The molecule has 1 aliphatic heterocycles. The van der Waals surface area contributed by atoms with E-state index >= 15 is 0 Å². The number of nitrogens with one attached hydrogen (secondary N) is 2. The largest absolute Gasteiger partial charge is 0.368 e. The van der Waals surface area contributed by atoms with E-state index in [1.54, 1.807) is 0 Å². The van der Waals surface area contributed by atoms with Crippen molar-refractivity contribution in [2.75, 3.05) is 17.6 Å². The fourth-order valence-electron chi connectivity index (χ4n) is 3.47.